The van der Waals surface area contributed by atoms with E-state index in [9.17, 15) is 9.59 Å². The standard InChI is InChI=1S/2C8H16O2.2C8H17.Sn/c2*1-3-5-6-7(4-2)8(9)10;2*1-3-5-7-8-6-4-2;/h2*7H,3-6H2,1-2H3,(H,9,10);2*1,3-8H2,2H3;/q;;;;+2/p-2/t2*7-;;;/m10.../s1. The van der Waals surface area contributed by atoms with Crippen LogP contribution in [0.3, 0.4) is 0 Å². The summed E-state index contributed by atoms with van der Waals surface area (Å²) in [5.41, 5.74) is 0. The van der Waals surface area contributed by atoms with Crippen molar-refractivity contribution in [3.63, 3.8) is 0 Å². The van der Waals surface area contributed by atoms with Gasteiger partial charge >= 0.3 is 238 Å². The van der Waals surface area contributed by atoms with Crippen LogP contribution >= 0.6 is 0 Å². The van der Waals surface area contributed by atoms with Gasteiger partial charge in [-0.15, -0.1) is 0 Å². The predicted molar refractivity (Wildman–Crippen MR) is 161 cm³/mol. The Kier molecular flexibility index (Phi) is 24.6. The Morgan fingerprint density at radius 1 is 0.486 bits per heavy atom. The van der Waals surface area contributed by atoms with Crippen LogP contribution in [0.4, 0.5) is 0 Å². The number of hydrogen-bond donors (Lipinski definition) is 0. The number of carbonyl (C=O) groups excluding carboxylic acids is 2. The van der Waals surface area contributed by atoms with Gasteiger partial charge in [-0.25, -0.2) is 0 Å². The molecular formula is C32H64O4Sn. The maximum absolute atomic E-state index is 13.5. The molecule has 0 aromatic rings. The second-order valence-electron chi connectivity index (χ2n) is 11.3. The third-order valence-corrected chi connectivity index (χ3v) is 17.5. The third-order valence-electron chi connectivity index (χ3n) is 7.86. The summed E-state index contributed by atoms with van der Waals surface area (Å²) in [4.78, 5) is 27.0. The quantitative estimate of drug-likeness (QED) is 0.0704. The van der Waals surface area contributed by atoms with Crippen LogP contribution in [0.2, 0.25) is 8.87 Å². The zero-order chi connectivity index (χ0) is 27.8. The van der Waals surface area contributed by atoms with Crippen molar-refractivity contribution >= 4 is 31.1 Å². The Balaban J connectivity index is 5.71. The normalized spacial score (nSPS) is 13.4. The summed E-state index contributed by atoms with van der Waals surface area (Å²) in [6, 6.07) is 0. The first kappa shape index (κ1) is 36.7. The topological polar surface area (TPSA) is 52.6 Å². The minimum atomic E-state index is -3.96. The van der Waals surface area contributed by atoms with Gasteiger partial charge in [0.2, 0.25) is 0 Å². The molecule has 0 unspecified atom stereocenters. The van der Waals surface area contributed by atoms with Gasteiger partial charge < -0.3 is 0 Å². The fraction of sp³-hybridized carbons (Fsp3) is 0.938. The van der Waals surface area contributed by atoms with Crippen LogP contribution in [-0.2, 0) is 15.7 Å². The average Bonchev–Trinajstić information content (AvgIpc) is 2.89. The third kappa shape index (κ3) is 17.9. The van der Waals surface area contributed by atoms with Gasteiger partial charge in [-0.3, -0.25) is 0 Å². The van der Waals surface area contributed by atoms with Crippen molar-refractivity contribution in [1.29, 1.82) is 0 Å². The Hall–Kier alpha value is -0.261. The van der Waals surface area contributed by atoms with E-state index >= 15 is 0 Å². The van der Waals surface area contributed by atoms with Crippen molar-refractivity contribution < 1.29 is 15.7 Å². The van der Waals surface area contributed by atoms with Gasteiger partial charge in [0.1, 0.15) is 0 Å². The van der Waals surface area contributed by atoms with Gasteiger partial charge in [0.05, 0.1) is 0 Å². The zero-order valence-corrected chi connectivity index (χ0v) is 28.7. The molecule has 0 aliphatic heterocycles. The fourth-order valence-electron chi connectivity index (χ4n) is 5.11. The molecule has 37 heavy (non-hydrogen) atoms. The Morgan fingerprint density at radius 3 is 1.14 bits per heavy atom. The monoisotopic (exact) mass is 632 g/mol. The summed E-state index contributed by atoms with van der Waals surface area (Å²) in [7, 11) is 0. The molecule has 0 saturated heterocycles. The zero-order valence-electron chi connectivity index (χ0n) is 25.8. The predicted octanol–water partition coefficient (Wildman–Crippen LogP) is 10.7. The van der Waals surface area contributed by atoms with Gasteiger partial charge in [-0.1, -0.05) is 0 Å². The minimum absolute atomic E-state index is 0.0640. The molecule has 0 aromatic heterocycles. The molecule has 0 N–H and O–H groups in total. The van der Waals surface area contributed by atoms with E-state index in [2.05, 4.69) is 41.5 Å². The van der Waals surface area contributed by atoms with Crippen LogP contribution in [0.15, 0.2) is 0 Å². The summed E-state index contributed by atoms with van der Waals surface area (Å²) in [6.07, 6.45) is 21.9. The molecule has 2 atom stereocenters. The number of rotatable bonds is 26. The van der Waals surface area contributed by atoms with Crippen molar-refractivity contribution in [2.45, 2.75) is 179 Å². The molecular weight excluding hydrogens is 567 g/mol. The van der Waals surface area contributed by atoms with E-state index in [0.29, 0.717) is 0 Å². The van der Waals surface area contributed by atoms with Crippen molar-refractivity contribution in [1.82, 2.24) is 0 Å². The first-order valence-electron chi connectivity index (χ1n) is 16.4. The van der Waals surface area contributed by atoms with E-state index in [-0.39, 0.29) is 23.8 Å². The van der Waals surface area contributed by atoms with E-state index in [4.69, 9.17) is 6.15 Å². The molecule has 0 aliphatic rings. The Labute approximate surface area is 236 Å². The molecule has 0 heterocycles. The summed E-state index contributed by atoms with van der Waals surface area (Å²) >= 11 is -3.96. The molecule has 220 valence electrons. The van der Waals surface area contributed by atoms with Gasteiger partial charge in [0.25, 0.3) is 0 Å². The second kappa shape index (κ2) is 24.8. The average molecular weight is 632 g/mol. The molecule has 0 aromatic carbocycles. The second-order valence-corrected chi connectivity index (χ2v) is 20.5. The van der Waals surface area contributed by atoms with Crippen LogP contribution in [0.1, 0.15) is 170 Å². The van der Waals surface area contributed by atoms with Gasteiger partial charge in [0, 0.05) is 0 Å². The van der Waals surface area contributed by atoms with Gasteiger partial charge in [-0.05, 0) is 0 Å². The van der Waals surface area contributed by atoms with Crippen LogP contribution in [0.5, 0.6) is 0 Å². The van der Waals surface area contributed by atoms with Crippen LogP contribution < -0.4 is 0 Å². The van der Waals surface area contributed by atoms with Crippen molar-refractivity contribution in [2.24, 2.45) is 11.8 Å². The van der Waals surface area contributed by atoms with Crippen molar-refractivity contribution in [3.8, 4) is 0 Å². The Bertz CT molecular complexity index is 503. The van der Waals surface area contributed by atoms with Crippen molar-refractivity contribution in [3.05, 3.63) is 0 Å². The van der Waals surface area contributed by atoms with E-state index in [1.165, 1.54) is 51.4 Å². The SMILES string of the molecule is CCCCCCC[CH2][Sn]([CH2]CCCCCCC)([O]C(=O)[C@H](CC)CCCC)[O]C(=O)[C@@H](CC)CCCC. The van der Waals surface area contributed by atoms with Crippen LogP contribution in [0.25, 0.3) is 0 Å². The van der Waals surface area contributed by atoms with Gasteiger partial charge in [0.15, 0.2) is 0 Å². The summed E-state index contributed by atoms with van der Waals surface area (Å²) in [6.45, 7) is 13.0. The maximum atomic E-state index is 13.5. The summed E-state index contributed by atoms with van der Waals surface area (Å²) < 4.78 is 14.8. The molecule has 0 amide bonds. The molecule has 0 aliphatic carbocycles. The number of carbonyl (C=O) groups is 2. The van der Waals surface area contributed by atoms with Gasteiger partial charge in [-0.2, -0.15) is 0 Å². The molecule has 0 fully saturated rings. The molecule has 5 heteroatoms. The van der Waals surface area contributed by atoms with E-state index in [0.717, 1.165) is 85.9 Å². The fourth-order valence-corrected chi connectivity index (χ4v) is 14.7. The molecule has 0 radical (unpaired) electrons. The van der Waals surface area contributed by atoms with E-state index in [1.54, 1.807) is 0 Å². The molecule has 4 nitrogen and oxygen atoms in total. The summed E-state index contributed by atoms with van der Waals surface area (Å²) in [5, 5.41) is 0. The van der Waals surface area contributed by atoms with Crippen LogP contribution in [-0.4, -0.2) is 31.1 Å². The number of unbranched alkanes of at least 4 members (excludes halogenated alkanes) is 12. The van der Waals surface area contributed by atoms with Crippen molar-refractivity contribution in [2.75, 3.05) is 0 Å². The molecule has 0 saturated carbocycles. The molecule has 0 bridgehead atoms. The summed E-state index contributed by atoms with van der Waals surface area (Å²) in [5.74, 6) is -0.270. The molecule has 0 spiro atoms. The Morgan fingerprint density at radius 2 is 0.811 bits per heavy atom. The van der Waals surface area contributed by atoms with E-state index in [1.807, 2.05) is 0 Å². The van der Waals surface area contributed by atoms with E-state index < -0.39 is 19.2 Å². The van der Waals surface area contributed by atoms with Crippen LogP contribution in [0, 0.1) is 11.8 Å². The first-order valence-corrected chi connectivity index (χ1v) is 22.8. The first-order chi connectivity index (χ1) is 17.9. The number of hydrogen-bond acceptors (Lipinski definition) is 4. The molecule has 0 rings (SSSR count).